The monoisotopic (exact) mass is 348 g/mol. The van der Waals surface area contributed by atoms with Crippen molar-refractivity contribution in [3.63, 3.8) is 0 Å². The Balaban J connectivity index is 1.79. The second-order valence-electron chi connectivity index (χ2n) is 5.18. The molecule has 0 radical (unpaired) electrons. The first kappa shape index (κ1) is 18.3. The topological polar surface area (TPSA) is 59.6 Å². The molecule has 5 nitrogen and oxygen atoms in total. The summed E-state index contributed by atoms with van der Waals surface area (Å²) in [5.74, 6) is 0. The van der Waals surface area contributed by atoms with Gasteiger partial charge in [0.15, 0.2) is 0 Å². The first-order valence-corrected chi connectivity index (χ1v) is 8.00. The number of rotatable bonds is 8. The fourth-order valence-electron chi connectivity index (χ4n) is 2.03. The van der Waals surface area contributed by atoms with E-state index in [-0.39, 0.29) is 6.03 Å². The van der Waals surface area contributed by atoms with E-state index in [1.54, 1.807) is 19.2 Å². The minimum Gasteiger partial charge on any atom is -0.382 e. The Morgan fingerprint density at radius 1 is 1.08 bits per heavy atom. The summed E-state index contributed by atoms with van der Waals surface area (Å²) in [4.78, 5) is 12.0. The van der Waals surface area contributed by atoms with E-state index in [1.165, 1.54) is 0 Å². The highest BCUT2D eigenvalue weighted by Gasteiger charge is 2.03. The van der Waals surface area contributed by atoms with Gasteiger partial charge in [-0.3, -0.25) is 0 Å². The highest BCUT2D eigenvalue weighted by Crippen LogP contribution is 2.12. The first-order valence-electron chi connectivity index (χ1n) is 7.62. The molecule has 24 heavy (non-hydrogen) atoms. The Morgan fingerprint density at radius 3 is 2.62 bits per heavy atom. The normalized spacial score (nSPS) is 10.4. The SMILES string of the molecule is COCCOCc1cccc(NC(=O)NCc2ccc(Cl)cc2)c1. The lowest BCUT2D eigenvalue weighted by molar-refractivity contribution is 0.0617. The van der Waals surface area contributed by atoms with Gasteiger partial charge in [0.05, 0.1) is 19.8 Å². The molecule has 0 aliphatic carbocycles. The Hall–Kier alpha value is -2.08. The average Bonchev–Trinajstić information content (AvgIpc) is 2.59. The number of anilines is 1. The van der Waals surface area contributed by atoms with Gasteiger partial charge in [-0.25, -0.2) is 4.79 Å². The molecule has 2 amide bonds. The molecule has 0 heterocycles. The van der Waals surface area contributed by atoms with Crippen molar-refractivity contribution in [2.75, 3.05) is 25.6 Å². The summed E-state index contributed by atoms with van der Waals surface area (Å²) in [7, 11) is 1.64. The van der Waals surface area contributed by atoms with Gasteiger partial charge in [-0.15, -0.1) is 0 Å². The fraction of sp³-hybridized carbons (Fsp3) is 0.278. The van der Waals surface area contributed by atoms with Crippen LogP contribution in [-0.4, -0.2) is 26.4 Å². The van der Waals surface area contributed by atoms with Gasteiger partial charge < -0.3 is 20.1 Å². The third-order valence-corrected chi connectivity index (χ3v) is 3.50. The van der Waals surface area contributed by atoms with Gasteiger partial charge >= 0.3 is 6.03 Å². The van der Waals surface area contributed by atoms with E-state index in [0.717, 1.165) is 16.8 Å². The summed E-state index contributed by atoms with van der Waals surface area (Å²) in [5.41, 5.74) is 2.69. The fourth-order valence-corrected chi connectivity index (χ4v) is 2.16. The summed E-state index contributed by atoms with van der Waals surface area (Å²) < 4.78 is 10.4. The van der Waals surface area contributed by atoms with Gasteiger partial charge in [0.2, 0.25) is 0 Å². The largest absolute Gasteiger partial charge is 0.382 e. The maximum atomic E-state index is 12.0. The molecule has 0 fully saturated rings. The standard InChI is InChI=1S/C18H21ClN2O3/c1-23-9-10-24-13-15-3-2-4-17(11-15)21-18(22)20-12-14-5-7-16(19)8-6-14/h2-8,11H,9-10,12-13H2,1H3,(H2,20,21,22). The molecule has 0 aliphatic heterocycles. The minimum atomic E-state index is -0.262. The van der Waals surface area contributed by atoms with Gasteiger partial charge in [-0.05, 0) is 35.4 Å². The van der Waals surface area contributed by atoms with Crippen LogP contribution in [0.5, 0.6) is 0 Å². The second kappa shape index (κ2) is 9.93. The van der Waals surface area contributed by atoms with Crippen LogP contribution in [0.15, 0.2) is 48.5 Å². The molecule has 0 saturated heterocycles. The highest BCUT2D eigenvalue weighted by molar-refractivity contribution is 6.30. The predicted molar refractivity (Wildman–Crippen MR) is 95.3 cm³/mol. The lowest BCUT2D eigenvalue weighted by Gasteiger charge is -2.10. The molecule has 0 atom stereocenters. The molecule has 2 aromatic rings. The zero-order valence-corrected chi connectivity index (χ0v) is 14.3. The van der Waals surface area contributed by atoms with Crippen molar-refractivity contribution < 1.29 is 14.3 Å². The van der Waals surface area contributed by atoms with E-state index in [9.17, 15) is 4.79 Å². The molecule has 2 aromatic carbocycles. The summed E-state index contributed by atoms with van der Waals surface area (Å²) >= 11 is 5.83. The van der Waals surface area contributed by atoms with Crippen LogP contribution in [0.1, 0.15) is 11.1 Å². The summed E-state index contributed by atoms with van der Waals surface area (Å²) in [6.45, 7) is 2.01. The number of nitrogens with one attached hydrogen (secondary N) is 2. The first-order chi connectivity index (χ1) is 11.7. The van der Waals surface area contributed by atoms with E-state index < -0.39 is 0 Å². The predicted octanol–water partition coefficient (Wildman–Crippen LogP) is 3.82. The van der Waals surface area contributed by atoms with Gasteiger partial charge in [0.25, 0.3) is 0 Å². The maximum absolute atomic E-state index is 12.0. The molecular formula is C18H21ClN2O3. The lowest BCUT2D eigenvalue weighted by atomic mass is 10.2. The van der Waals surface area contributed by atoms with Crippen LogP contribution >= 0.6 is 11.6 Å². The smallest absolute Gasteiger partial charge is 0.319 e. The number of hydrogen-bond acceptors (Lipinski definition) is 3. The van der Waals surface area contributed by atoms with E-state index in [1.807, 2.05) is 36.4 Å². The molecule has 0 saturated carbocycles. The van der Waals surface area contributed by atoms with Crippen LogP contribution in [0.2, 0.25) is 5.02 Å². The Labute approximate surface area is 146 Å². The summed E-state index contributed by atoms with van der Waals surface area (Å²) in [6.07, 6.45) is 0. The molecule has 128 valence electrons. The number of halogens is 1. The highest BCUT2D eigenvalue weighted by atomic mass is 35.5. The van der Waals surface area contributed by atoms with Crippen molar-refractivity contribution in [2.45, 2.75) is 13.2 Å². The van der Waals surface area contributed by atoms with Gasteiger partial charge in [-0.2, -0.15) is 0 Å². The van der Waals surface area contributed by atoms with Crippen LogP contribution in [0.3, 0.4) is 0 Å². The van der Waals surface area contributed by atoms with E-state index >= 15 is 0 Å². The van der Waals surface area contributed by atoms with Gasteiger partial charge in [0, 0.05) is 24.4 Å². The molecule has 2 N–H and O–H groups in total. The molecule has 0 aliphatic rings. The Morgan fingerprint density at radius 2 is 1.88 bits per heavy atom. The van der Waals surface area contributed by atoms with Crippen molar-refractivity contribution in [1.82, 2.24) is 5.32 Å². The average molecular weight is 349 g/mol. The van der Waals surface area contributed by atoms with Crippen molar-refractivity contribution in [1.29, 1.82) is 0 Å². The van der Waals surface area contributed by atoms with Crippen molar-refractivity contribution in [3.05, 3.63) is 64.7 Å². The third-order valence-electron chi connectivity index (χ3n) is 3.25. The molecule has 6 heteroatoms. The van der Waals surface area contributed by atoms with Crippen LogP contribution in [0, 0.1) is 0 Å². The number of hydrogen-bond donors (Lipinski definition) is 2. The molecule has 0 spiro atoms. The molecule has 0 unspecified atom stereocenters. The van der Waals surface area contributed by atoms with Gasteiger partial charge in [0.1, 0.15) is 0 Å². The molecule has 0 bridgehead atoms. The van der Waals surface area contributed by atoms with Crippen molar-refractivity contribution >= 4 is 23.3 Å². The van der Waals surface area contributed by atoms with Crippen LogP contribution < -0.4 is 10.6 Å². The molecular weight excluding hydrogens is 328 g/mol. The van der Waals surface area contributed by atoms with E-state index in [4.69, 9.17) is 21.1 Å². The Bertz CT molecular complexity index is 647. The maximum Gasteiger partial charge on any atom is 0.319 e. The van der Waals surface area contributed by atoms with Crippen LogP contribution in [-0.2, 0) is 22.6 Å². The number of carbonyl (C=O) groups excluding carboxylic acids is 1. The van der Waals surface area contributed by atoms with Crippen LogP contribution in [0.4, 0.5) is 10.5 Å². The third kappa shape index (κ3) is 6.58. The quantitative estimate of drug-likeness (QED) is 0.713. The van der Waals surface area contributed by atoms with Crippen LogP contribution in [0.25, 0.3) is 0 Å². The lowest BCUT2D eigenvalue weighted by Crippen LogP contribution is -2.28. The van der Waals surface area contributed by atoms with E-state index in [2.05, 4.69) is 10.6 Å². The molecule has 0 aromatic heterocycles. The summed E-state index contributed by atoms with van der Waals surface area (Å²) in [6, 6.07) is 14.6. The van der Waals surface area contributed by atoms with E-state index in [0.29, 0.717) is 31.4 Å². The number of urea groups is 1. The van der Waals surface area contributed by atoms with Crippen molar-refractivity contribution in [3.8, 4) is 0 Å². The Kier molecular flexibility index (Phi) is 7.55. The summed E-state index contributed by atoms with van der Waals surface area (Å²) in [5, 5.41) is 6.29. The van der Waals surface area contributed by atoms with Gasteiger partial charge in [-0.1, -0.05) is 35.9 Å². The number of benzene rings is 2. The number of methoxy groups -OCH3 is 1. The zero-order valence-electron chi connectivity index (χ0n) is 13.5. The minimum absolute atomic E-state index is 0.262. The second-order valence-corrected chi connectivity index (χ2v) is 5.62. The number of carbonyl (C=O) groups is 1. The number of amides is 2. The zero-order chi connectivity index (χ0) is 17.2. The molecule has 2 rings (SSSR count). The van der Waals surface area contributed by atoms with Crippen molar-refractivity contribution in [2.24, 2.45) is 0 Å². The number of ether oxygens (including phenoxy) is 2.